The molecule has 32 heavy (non-hydrogen) atoms. The molecule has 2 aromatic carbocycles. The van der Waals surface area contributed by atoms with Crippen LogP contribution in [0.1, 0.15) is 20.7 Å². The Kier molecular flexibility index (Phi) is 7.52. The van der Waals surface area contributed by atoms with E-state index in [-0.39, 0.29) is 11.1 Å². The number of esters is 2. The van der Waals surface area contributed by atoms with Crippen LogP contribution in [0.3, 0.4) is 0 Å². The number of alkyl halides is 4. The maximum atomic E-state index is 12.9. The maximum Gasteiger partial charge on any atom is 0.471 e. The molecule has 2 aromatic rings. The Labute approximate surface area is 189 Å². The van der Waals surface area contributed by atoms with E-state index in [0.29, 0.717) is 0 Å². The molecule has 0 spiro atoms. The van der Waals surface area contributed by atoms with E-state index in [4.69, 9.17) is 14.2 Å². The molecule has 4 atom stereocenters. The molecule has 0 bridgehead atoms. The average molecular weight is 516 g/mol. The highest BCUT2D eigenvalue weighted by molar-refractivity contribution is 9.09. The lowest BCUT2D eigenvalue weighted by molar-refractivity contribution is -0.175. The molecule has 1 heterocycles. The van der Waals surface area contributed by atoms with Crippen LogP contribution in [0.25, 0.3) is 0 Å². The highest BCUT2D eigenvalue weighted by atomic mass is 79.9. The van der Waals surface area contributed by atoms with Crippen molar-refractivity contribution in [3.05, 3.63) is 71.8 Å². The monoisotopic (exact) mass is 515 g/mol. The zero-order valence-corrected chi connectivity index (χ0v) is 17.8. The minimum Gasteiger partial charge on any atom is -0.459 e. The third-order valence-corrected chi connectivity index (χ3v) is 5.25. The molecule has 0 saturated carbocycles. The topological polar surface area (TPSA) is 90.9 Å². The van der Waals surface area contributed by atoms with Crippen molar-refractivity contribution < 1.29 is 41.8 Å². The Morgan fingerprint density at radius 3 is 2.00 bits per heavy atom. The molecule has 11 heteroatoms. The molecule has 3 rings (SSSR count). The van der Waals surface area contributed by atoms with Gasteiger partial charge in [0.1, 0.15) is 12.7 Å². The lowest BCUT2D eigenvalue weighted by Gasteiger charge is -2.24. The molecule has 1 N–H and O–H groups in total. The van der Waals surface area contributed by atoms with Gasteiger partial charge in [-0.3, -0.25) is 4.79 Å². The first-order valence-electron chi connectivity index (χ1n) is 9.32. The van der Waals surface area contributed by atoms with Crippen LogP contribution in [0.4, 0.5) is 13.2 Å². The van der Waals surface area contributed by atoms with Crippen molar-refractivity contribution in [2.24, 2.45) is 0 Å². The summed E-state index contributed by atoms with van der Waals surface area (Å²) in [7, 11) is 0. The Bertz CT molecular complexity index is 957. The van der Waals surface area contributed by atoms with Crippen molar-refractivity contribution >= 4 is 33.8 Å². The first-order chi connectivity index (χ1) is 15.2. The standard InChI is InChI=1S/C21H17BrF3NO6/c22-17-16(32-19(28)13-9-5-2-6-10-13)15(26-20(29)21(23,24)25)14(31-17)11-30-18(27)12-7-3-1-4-8-12/h1-10,14-17H,11H2,(H,26,29)/t14-,15-,16-,17-/m1/s1. The predicted molar refractivity (Wildman–Crippen MR) is 108 cm³/mol. The van der Waals surface area contributed by atoms with Crippen LogP contribution >= 0.6 is 15.9 Å². The second-order valence-electron chi connectivity index (χ2n) is 6.72. The van der Waals surface area contributed by atoms with Crippen molar-refractivity contribution in [1.82, 2.24) is 5.32 Å². The minimum atomic E-state index is -5.18. The van der Waals surface area contributed by atoms with E-state index in [1.807, 2.05) is 0 Å². The molecule has 170 valence electrons. The molecule has 1 aliphatic rings. The largest absolute Gasteiger partial charge is 0.471 e. The lowest BCUT2D eigenvalue weighted by atomic mass is 10.1. The van der Waals surface area contributed by atoms with Gasteiger partial charge in [-0.25, -0.2) is 9.59 Å². The fraction of sp³-hybridized carbons (Fsp3) is 0.286. The van der Waals surface area contributed by atoms with E-state index in [1.54, 1.807) is 41.7 Å². The molecule has 7 nitrogen and oxygen atoms in total. The summed E-state index contributed by atoms with van der Waals surface area (Å²) in [5.74, 6) is -3.80. The van der Waals surface area contributed by atoms with Crippen molar-refractivity contribution in [1.29, 1.82) is 0 Å². The second kappa shape index (κ2) is 10.1. The van der Waals surface area contributed by atoms with Crippen LogP contribution < -0.4 is 5.32 Å². The van der Waals surface area contributed by atoms with Crippen LogP contribution in [-0.2, 0) is 19.0 Å². The number of benzene rings is 2. The Hall–Kier alpha value is -2.92. The molecule has 0 aromatic heterocycles. The number of nitrogens with one attached hydrogen (secondary N) is 1. The van der Waals surface area contributed by atoms with Crippen LogP contribution in [0.15, 0.2) is 60.7 Å². The number of rotatable bonds is 6. The van der Waals surface area contributed by atoms with Crippen molar-refractivity contribution in [3.8, 4) is 0 Å². The molecule has 1 aliphatic heterocycles. The Balaban J connectivity index is 1.75. The number of halogens is 4. The number of carbonyl (C=O) groups excluding carboxylic acids is 3. The first kappa shape index (κ1) is 23.7. The van der Waals surface area contributed by atoms with Gasteiger partial charge in [0, 0.05) is 0 Å². The summed E-state index contributed by atoms with van der Waals surface area (Å²) in [5.41, 5.74) is 0.385. The highest BCUT2D eigenvalue weighted by Gasteiger charge is 2.50. The zero-order valence-electron chi connectivity index (χ0n) is 16.3. The number of ether oxygens (including phenoxy) is 3. The fourth-order valence-electron chi connectivity index (χ4n) is 2.96. The van der Waals surface area contributed by atoms with Crippen LogP contribution in [0.2, 0.25) is 0 Å². The predicted octanol–water partition coefficient (Wildman–Crippen LogP) is 3.24. The van der Waals surface area contributed by atoms with E-state index >= 15 is 0 Å². The third-order valence-electron chi connectivity index (χ3n) is 4.51. The van der Waals surface area contributed by atoms with Gasteiger partial charge in [0.25, 0.3) is 0 Å². The lowest BCUT2D eigenvalue weighted by Crippen LogP contribution is -2.53. The summed E-state index contributed by atoms with van der Waals surface area (Å²) in [6.45, 7) is -0.488. The summed E-state index contributed by atoms with van der Waals surface area (Å²) in [4.78, 5) is 36.2. The third kappa shape index (κ3) is 5.86. The van der Waals surface area contributed by atoms with Gasteiger partial charge < -0.3 is 19.5 Å². The minimum absolute atomic E-state index is 0.159. The van der Waals surface area contributed by atoms with Gasteiger partial charge >= 0.3 is 24.0 Å². The summed E-state index contributed by atoms with van der Waals surface area (Å²) >= 11 is 3.11. The molecule has 1 amide bonds. The SMILES string of the molecule is O=C(OC[C@H]1O[C@@H](Br)[C@H](OC(=O)c2ccccc2)[C@@H]1NC(=O)C(F)(F)F)c1ccccc1. The van der Waals surface area contributed by atoms with Gasteiger partial charge in [0.05, 0.1) is 17.2 Å². The smallest absolute Gasteiger partial charge is 0.459 e. The fourth-order valence-corrected chi connectivity index (χ4v) is 3.68. The van der Waals surface area contributed by atoms with Gasteiger partial charge in [-0.15, -0.1) is 0 Å². The molecular weight excluding hydrogens is 499 g/mol. The molecule has 0 radical (unpaired) electrons. The van der Waals surface area contributed by atoms with Crippen LogP contribution in [-0.4, -0.2) is 53.9 Å². The number of hydrogen-bond acceptors (Lipinski definition) is 6. The Morgan fingerprint density at radius 2 is 1.47 bits per heavy atom. The molecule has 0 unspecified atom stereocenters. The quantitative estimate of drug-likeness (QED) is 0.469. The number of carbonyl (C=O) groups is 3. The van der Waals surface area contributed by atoms with E-state index < -0.39 is 53.9 Å². The average Bonchev–Trinajstić information content (AvgIpc) is 3.06. The summed E-state index contributed by atoms with van der Waals surface area (Å²) in [6, 6.07) is 14.2. The van der Waals surface area contributed by atoms with Crippen LogP contribution in [0.5, 0.6) is 0 Å². The van der Waals surface area contributed by atoms with Gasteiger partial charge in [0.15, 0.2) is 11.1 Å². The van der Waals surface area contributed by atoms with E-state index in [0.717, 1.165) is 0 Å². The maximum absolute atomic E-state index is 12.9. The van der Waals surface area contributed by atoms with Crippen molar-refractivity contribution in [2.45, 2.75) is 29.4 Å². The van der Waals surface area contributed by atoms with Gasteiger partial charge in [-0.1, -0.05) is 52.3 Å². The molecular formula is C21H17BrF3NO6. The summed E-state index contributed by atoms with van der Waals surface area (Å²) < 4.78 is 54.5. The van der Waals surface area contributed by atoms with E-state index in [2.05, 4.69) is 15.9 Å². The van der Waals surface area contributed by atoms with Gasteiger partial charge in [-0.2, -0.15) is 13.2 Å². The molecule has 1 fully saturated rings. The molecule has 0 aliphatic carbocycles. The van der Waals surface area contributed by atoms with Crippen molar-refractivity contribution in [2.75, 3.05) is 6.61 Å². The van der Waals surface area contributed by atoms with Gasteiger partial charge in [0.2, 0.25) is 0 Å². The van der Waals surface area contributed by atoms with Crippen molar-refractivity contribution in [3.63, 3.8) is 0 Å². The van der Waals surface area contributed by atoms with Crippen LogP contribution in [0, 0.1) is 0 Å². The highest BCUT2D eigenvalue weighted by Crippen LogP contribution is 2.30. The second-order valence-corrected chi connectivity index (χ2v) is 7.63. The number of amides is 1. The van der Waals surface area contributed by atoms with E-state index in [9.17, 15) is 27.6 Å². The number of hydrogen-bond donors (Lipinski definition) is 1. The van der Waals surface area contributed by atoms with E-state index in [1.165, 1.54) is 24.3 Å². The normalized spacial score (nSPS) is 22.8. The zero-order chi connectivity index (χ0) is 23.3. The summed E-state index contributed by atoms with van der Waals surface area (Å²) in [6.07, 6.45) is -7.72. The molecule has 1 saturated heterocycles. The summed E-state index contributed by atoms with van der Waals surface area (Å²) in [5, 5.41) is 0.721. The first-order valence-corrected chi connectivity index (χ1v) is 10.2. The Morgan fingerprint density at radius 1 is 0.938 bits per heavy atom. The van der Waals surface area contributed by atoms with Gasteiger partial charge in [-0.05, 0) is 24.3 Å².